The third-order valence-electron chi connectivity index (χ3n) is 4.67. The van der Waals surface area contributed by atoms with E-state index in [1.165, 1.54) is 12.8 Å². The summed E-state index contributed by atoms with van der Waals surface area (Å²) >= 11 is 0. The van der Waals surface area contributed by atoms with Crippen LogP contribution in [0.2, 0.25) is 0 Å². The van der Waals surface area contributed by atoms with Gasteiger partial charge in [0.1, 0.15) is 5.82 Å². The van der Waals surface area contributed by atoms with Gasteiger partial charge in [-0.25, -0.2) is 4.98 Å². The van der Waals surface area contributed by atoms with Crippen LogP contribution < -0.4 is 0 Å². The van der Waals surface area contributed by atoms with Gasteiger partial charge >= 0.3 is 0 Å². The predicted octanol–water partition coefficient (Wildman–Crippen LogP) is 2.69. The smallest absolute Gasteiger partial charge is 0.256 e. The molecule has 4 rings (SSSR count). The summed E-state index contributed by atoms with van der Waals surface area (Å²) in [4.78, 5) is 22.7. The molecule has 1 saturated carbocycles. The molecule has 2 aromatic rings. The number of piperidine rings is 1. The lowest BCUT2D eigenvalue weighted by Crippen LogP contribution is -2.39. The van der Waals surface area contributed by atoms with E-state index in [4.69, 9.17) is 0 Å². The Morgan fingerprint density at radius 2 is 2.18 bits per heavy atom. The van der Waals surface area contributed by atoms with Gasteiger partial charge in [0.05, 0.1) is 11.6 Å². The predicted molar refractivity (Wildman–Crippen MR) is 81.5 cm³/mol. The van der Waals surface area contributed by atoms with Gasteiger partial charge in [-0.3, -0.25) is 9.89 Å². The molecule has 1 aliphatic carbocycles. The number of rotatable bonds is 3. The van der Waals surface area contributed by atoms with Gasteiger partial charge in [-0.15, -0.1) is 0 Å². The number of carbonyl (C=O) groups excluding carboxylic acids is 1. The zero-order valence-corrected chi connectivity index (χ0v) is 12.8. The molecule has 0 aromatic carbocycles. The Labute approximate surface area is 129 Å². The number of aromatic amines is 2. The van der Waals surface area contributed by atoms with Gasteiger partial charge in [0.25, 0.3) is 5.91 Å². The number of aryl methyl sites for hydroxylation is 1. The van der Waals surface area contributed by atoms with E-state index in [9.17, 15) is 4.79 Å². The molecule has 2 aromatic heterocycles. The van der Waals surface area contributed by atoms with Gasteiger partial charge in [-0.1, -0.05) is 0 Å². The van der Waals surface area contributed by atoms with E-state index >= 15 is 0 Å². The maximum absolute atomic E-state index is 13.0. The highest BCUT2D eigenvalue weighted by Gasteiger charge is 2.35. The monoisotopic (exact) mass is 299 g/mol. The Bertz CT molecular complexity index is 684. The van der Waals surface area contributed by atoms with Crippen LogP contribution in [-0.2, 0) is 0 Å². The summed E-state index contributed by atoms with van der Waals surface area (Å²) in [6, 6.07) is 1.92. The number of carbonyl (C=O) groups is 1. The summed E-state index contributed by atoms with van der Waals surface area (Å²) in [7, 11) is 0. The van der Waals surface area contributed by atoms with Crippen molar-refractivity contribution in [3.63, 3.8) is 0 Å². The van der Waals surface area contributed by atoms with Crippen LogP contribution in [0.25, 0.3) is 0 Å². The molecule has 116 valence electrons. The van der Waals surface area contributed by atoms with E-state index in [0.29, 0.717) is 5.92 Å². The average molecular weight is 299 g/mol. The van der Waals surface area contributed by atoms with Crippen molar-refractivity contribution < 1.29 is 4.79 Å². The Morgan fingerprint density at radius 1 is 1.32 bits per heavy atom. The molecule has 1 atom stereocenters. The third-order valence-corrected chi connectivity index (χ3v) is 4.67. The Balaban J connectivity index is 1.63. The Morgan fingerprint density at radius 3 is 2.91 bits per heavy atom. The molecule has 1 amide bonds. The molecule has 0 unspecified atom stereocenters. The minimum atomic E-state index is -0.00634. The summed E-state index contributed by atoms with van der Waals surface area (Å²) in [6.45, 7) is 2.68. The Hall–Kier alpha value is -2.11. The summed E-state index contributed by atoms with van der Waals surface area (Å²) in [5.74, 6) is 2.21. The highest BCUT2D eigenvalue weighted by Crippen LogP contribution is 2.41. The summed E-state index contributed by atoms with van der Waals surface area (Å²) < 4.78 is 0. The first-order chi connectivity index (χ1) is 10.7. The van der Waals surface area contributed by atoms with Crippen LogP contribution in [0.3, 0.4) is 0 Å². The van der Waals surface area contributed by atoms with Crippen LogP contribution >= 0.6 is 0 Å². The summed E-state index contributed by atoms with van der Waals surface area (Å²) in [6.07, 6.45) is 7.36. The van der Waals surface area contributed by atoms with E-state index in [0.717, 1.165) is 48.7 Å². The van der Waals surface area contributed by atoms with Crippen molar-refractivity contribution in [2.24, 2.45) is 0 Å². The van der Waals surface area contributed by atoms with Crippen LogP contribution in [-0.4, -0.2) is 37.5 Å². The first-order valence-corrected chi connectivity index (χ1v) is 8.11. The lowest BCUT2D eigenvalue weighted by molar-refractivity contribution is 0.0599. The molecule has 22 heavy (non-hydrogen) atoms. The molecular weight excluding hydrogens is 278 g/mol. The van der Waals surface area contributed by atoms with Gasteiger partial charge in [0, 0.05) is 18.4 Å². The van der Waals surface area contributed by atoms with Gasteiger partial charge in [-0.05, 0) is 51.0 Å². The molecule has 2 aliphatic rings. The van der Waals surface area contributed by atoms with Gasteiger partial charge in [0.2, 0.25) is 0 Å². The highest BCUT2D eigenvalue weighted by atomic mass is 16.2. The quantitative estimate of drug-likeness (QED) is 0.914. The number of aromatic nitrogens is 4. The average Bonchev–Trinajstić information content (AvgIpc) is 3.10. The van der Waals surface area contributed by atoms with E-state index < -0.39 is 0 Å². The zero-order chi connectivity index (χ0) is 15.1. The second kappa shape index (κ2) is 5.26. The zero-order valence-electron chi connectivity index (χ0n) is 12.8. The molecule has 2 fully saturated rings. The molecule has 2 N–H and O–H groups in total. The molecule has 6 heteroatoms. The molecular formula is C16H21N5O. The fourth-order valence-electron chi connectivity index (χ4n) is 3.39. The minimum Gasteiger partial charge on any atom is -0.364 e. The maximum atomic E-state index is 13.0. The standard InChI is InChI=1S/C16H21N5O/c1-10-18-15(20-19-10)13-4-2-3-9-21(13)16(22)12-7-8-17-14(12)11-5-6-11/h7-8,11,13,17H,2-6,9H2,1H3,(H,18,19,20)/t13-/m1/s1. The van der Waals surface area contributed by atoms with E-state index in [1.807, 2.05) is 24.1 Å². The van der Waals surface area contributed by atoms with Crippen molar-refractivity contribution in [1.82, 2.24) is 25.1 Å². The second-order valence-corrected chi connectivity index (χ2v) is 6.37. The lowest BCUT2D eigenvalue weighted by atomic mass is 10.00. The largest absolute Gasteiger partial charge is 0.364 e. The fourth-order valence-corrected chi connectivity index (χ4v) is 3.39. The first kappa shape index (κ1) is 13.5. The fraction of sp³-hybridized carbons (Fsp3) is 0.562. The summed E-state index contributed by atoms with van der Waals surface area (Å²) in [5, 5.41) is 7.18. The maximum Gasteiger partial charge on any atom is 0.256 e. The number of nitrogens with zero attached hydrogens (tertiary/aromatic N) is 3. The number of H-pyrrole nitrogens is 2. The topological polar surface area (TPSA) is 77.7 Å². The minimum absolute atomic E-state index is 0.00634. The van der Waals surface area contributed by atoms with Crippen molar-refractivity contribution in [2.45, 2.75) is 51.0 Å². The molecule has 0 bridgehead atoms. The number of likely N-dealkylation sites (tertiary alicyclic amines) is 1. The first-order valence-electron chi connectivity index (χ1n) is 8.11. The van der Waals surface area contributed by atoms with E-state index in [1.54, 1.807) is 0 Å². The van der Waals surface area contributed by atoms with Crippen molar-refractivity contribution in [3.8, 4) is 0 Å². The van der Waals surface area contributed by atoms with E-state index in [-0.39, 0.29) is 11.9 Å². The lowest BCUT2D eigenvalue weighted by Gasteiger charge is -2.34. The number of hydrogen-bond acceptors (Lipinski definition) is 3. The van der Waals surface area contributed by atoms with Crippen molar-refractivity contribution >= 4 is 5.91 Å². The molecule has 0 spiro atoms. The molecule has 6 nitrogen and oxygen atoms in total. The SMILES string of the molecule is Cc1nc([C@H]2CCCCN2C(=O)c2cc[nH]c2C2CC2)n[nH]1. The molecule has 1 aliphatic heterocycles. The van der Waals surface area contributed by atoms with Crippen LogP contribution in [0, 0.1) is 6.92 Å². The Kier molecular flexibility index (Phi) is 3.24. The highest BCUT2D eigenvalue weighted by molar-refractivity contribution is 5.96. The van der Waals surface area contributed by atoms with Crippen molar-refractivity contribution in [3.05, 3.63) is 35.2 Å². The van der Waals surface area contributed by atoms with Crippen molar-refractivity contribution in [2.75, 3.05) is 6.54 Å². The second-order valence-electron chi connectivity index (χ2n) is 6.37. The van der Waals surface area contributed by atoms with Gasteiger partial charge in [-0.2, -0.15) is 5.10 Å². The van der Waals surface area contributed by atoms with Crippen LogP contribution in [0.1, 0.15) is 71.8 Å². The van der Waals surface area contributed by atoms with Gasteiger partial charge < -0.3 is 9.88 Å². The number of amides is 1. The number of nitrogens with one attached hydrogen (secondary N) is 2. The van der Waals surface area contributed by atoms with Crippen molar-refractivity contribution in [1.29, 1.82) is 0 Å². The molecule has 0 radical (unpaired) electrons. The molecule has 3 heterocycles. The van der Waals surface area contributed by atoms with Crippen LogP contribution in [0.4, 0.5) is 0 Å². The van der Waals surface area contributed by atoms with Gasteiger partial charge in [0.15, 0.2) is 5.82 Å². The third kappa shape index (κ3) is 2.32. The molecule has 1 saturated heterocycles. The van der Waals surface area contributed by atoms with E-state index in [2.05, 4.69) is 20.2 Å². The normalized spacial score (nSPS) is 22.0. The van der Waals surface area contributed by atoms with Crippen LogP contribution in [0.5, 0.6) is 0 Å². The number of hydrogen-bond donors (Lipinski definition) is 2. The van der Waals surface area contributed by atoms with Crippen LogP contribution in [0.15, 0.2) is 12.3 Å². The summed E-state index contributed by atoms with van der Waals surface area (Å²) in [5.41, 5.74) is 1.95.